The van der Waals surface area contributed by atoms with E-state index in [1.54, 1.807) is 0 Å². The maximum atomic E-state index is 12.3. The van der Waals surface area contributed by atoms with Crippen LogP contribution < -0.4 is 0 Å². The van der Waals surface area contributed by atoms with Crippen molar-refractivity contribution < 1.29 is 13.2 Å². The Kier molecular flexibility index (Phi) is 3.54. The van der Waals surface area contributed by atoms with Crippen molar-refractivity contribution in [2.24, 2.45) is 0 Å². The van der Waals surface area contributed by atoms with E-state index >= 15 is 0 Å². The Labute approximate surface area is 90.1 Å². The predicted octanol–water partition coefficient (Wildman–Crippen LogP) is 4.71. The summed E-state index contributed by atoms with van der Waals surface area (Å²) in [4.78, 5) is 0.372. The van der Waals surface area contributed by atoms with Crippen LogP contribution in [0, 0.1) is 0 Å². The molecule has 0 aliphatic heterocycles. The first-order valence-electron chi connectivity index (χ1n) is 3.10. The zero-order valence-corrected chi connectivity index (χ0v) is 9.19. The number of halogens is 5. The van der Waals surface area contributed by atoms with E-state index in [4.69, 9.17) is 10.7 Å². The molecule has 1 aromatic carbocycles. The summed E-state index contributed by atoms with van der Waals surface area (Å²) in [6, 6.07) is 3.84. The van der Waals surface area contributed by atoms with Gasteiger partial charge in [-0.1, -0.05) is 15.9 Å². The topological polar surface area (TPSA) is 0 Å². The summed E-state index contributed by atoms with van der Waals surface area (Å²) in [6.07, 6.45) is -4.35. The lowest BCUT2D eigenvalue weighted by atomic mass is 10.2. The Balaban J connectivity index is 3.19. The molecule has 0 N–H and O–H groups in total. The number of benzene rings is 1. The molecule has 72 valence electrons. The third-order valence-electron chi connectivity index (χ3n) is 1.33. The fourth-order valence-corrected chi connectivity index (χ4v) is 1.81. The molecule has 13 heavy (non-hydrogen) atoms. The van der Waals surface area contributed by atoms with Gasteiger partial charge >= 0.3 is 6.18 Å². The first-order chi connectivity index (χ1) is 5.95. The van der Waals surface area contributed by atoms with E-state index in [0.717, 1.165) is 17.0 Å². The van der Waals surface area contributed by atoms with E-state index in [-0.39, 0.29) is 4.47 Å². The quantitative estimate of drug-likeness (QED) is 0.722. The molecular weight excluding hydrogens is 288 g/mol. The molecule has 0 aliphatic carbocycles. The third kappa shape index (κ3) is 2.79. The van der Waals surface area contributed by atoms with Crippen LogP contribution in [0.2, 0.25) is 0 Å². The molecule has 1 rings (SSSR count). The van der Waals surface area contributed by atoms with Gasteiger partial charge in [-0.25, -0.2) is 0 Å². The van der Waals surface area contributed by atoms with Crippen molar-refractivity contribution in [3.8, 4) is 0 Å². The average Bonchev–Trinajstić information content (AvgIpc) is 2.03. The van der Waals surface area contributed by atoms with Crippen LogP contribution in [0.25, 0.3) is 0 Å². The smallest absolute Gasteiger partial charge is 0.166 e. The molecule has 0 saturated carbocycles. The SMILES string of the molecule is FC(F)(F)c1cc(SCl)ccc1Br. The largest absolute Gasteiger partial charge is 0.417 e. The van der Waals surface area contributed by atoms with Crippen LogP contribution in [0.3, 0.4) is 0 Å². The van der Waals surface area contributed by atoms with Gasteiger partial charge in [0.15, 0.2) is 0 Å². The Morgan fingerprint density at radius 2 is 1.92 bits per heavy atom. The molecule has 0 bridgehead atoms. The van der Waals surface area contributed by atoms with Crippen LogP contribution in [-0.4, -0.2) is 0 Å². The van der Waals surface area contributed by atoms with Crippen LogP contribution in [0.4, 0.5) is 13.2 Å². The van der Waals surface area contributed by atoms with E-state index in [9.17, 15) is 13.2 Å². The third-order valence-corrected chi connectivity index (χ3v) is 2.99. The molecule has 0 aromatic heterocycles. The summed E-state index contributed by atoms with van der Waals surface area (Å²) in [5, 5.41) is 0. The van der Waals surface area contributed by atoms with Crippen molar-refractivity contribution in [1.29, 1.82) is 0 Å². The maximum absolute atomic E-state index is 12.3. The maximum Gasteiger partial charge on any atom is 0.417 e. The standard InChI is InChI=1S/C7H3BrClF3S/c8-6-2-1-4(13-9)3-5(6)7(10,11)12/h1-3H. The molecule has 0 amide bonds. The van der Waals surface area contributed by atoms with E-state index < -0.39 is 11.7 Å². The van der Waals surface area contributed by atoms with Gasteiger partial charge in [0.25, 0.3) is 0 Å². The fourth-order valence-electron chi connectivity index (χ4n) is 0.770. The minimum atomic E-state index is -4.35. The monoisotopic (exact) mass is 290 g/mol. The second kappa shape index (κ2) is 4.11. The second-order valence-electron chi connectivity index (χ2n) is 2.22. The lowest BCUT2D eigenvalue weighted by molar-refractivity contribution is -0.138. The van der Waals surface area contributed by atoms with Gasteiger partial charge in [0.05, 0.1) is 5.56 Å². The van der Waals surface area contributed by atoms with Crippen molar-refractivity contribution >= 4 is 37.6 Å². The Bertz CT molecular complexity index is 313. The highest BCUT2D eigenvalue weighted by Gasteiger charge is 2.33. The molecule has 0 fully saturated rings. The second-order valence-corrected chi connectivity index (χ2v) is 4.16. The molecule has 0 radical (unpaired) electrons. The molecule has 6 heteroatoms. The van der Waals surface area contributed by atoms with Gasteiger partial charge in [-0.05, 0) is 39.9 Å². The van der Waals surface area contributed by atoms with Crippen molar-refractivity contribution in [2.75, 3.05) is 0 Å². The Hall–Kier alpha value is 0.130. The van der Waals surface area contributed by atoms with Crippen molar-refractivity contribution in [1.82, 2.24) is 0 Å². The molecule has 0 spiro atoms. The minimum Gasteiger partial charge on any atom is -0.166 e. The normalized spacial score (nSPS) is 11.8. The highest BCUT2D eigenvalue weighted by Crippen LogP contribution is 2.37. The zero-order chi connectivity index (χ0) is 10.1. The number of rotatable bonds is 1. The van der Waals surface area contributed by atoms with Gasteiger partial charge in [0.1, 0.15) is 0 Å². The van der Waals surface area contributed by atoms with Gasteiger partial charge in [0.2, 0.25) is 0 Å². The van der Waals surface area contributed by atoms with Crippen molar-refractivity contribution in [2.45, 2.75) is 11.1 Å². The highest BCUT2D eigenvalue weighted by atomic mass is 79.9. The molecular formula is C7H3BrClF3S. The lowest BCUT2D eigenvalue weighted by Crippen LogP contribution is -2.05. The first kappa shape index (κ1) is 11.2. The first-order valence-corrected chi connectivity index (χ1v) is 5.54. The van der Waals surface area contributed by atoms with Gasteiger partial charge in [-0.15, -0.1) is 0 Å². The van der Waals surface area contributed by atoms with Crippen LogP contribution in [0.15, 0.2) is 27.6 Å². The van der Waals surface area contributed by atoms with E-state index in [1.807, 2.05) is 0 Å². The summed E-state index contributed by atoms with van der Waals surface area (Å²) in [5.74, 6) is 0. The molecule has 1 aromatic rings. The van der Waals surface area contributed by atoms with Crippen LogP contribution in [0.5, 0.6) is 0 Å². The molecule has 0 saturated heterocycles. The van der Waals surface area contributed by atoms with Crippen LogP contribution >= 0.6 is 37.6 Å². The van der Waals surface area contributed by atoms with Gasteiger partial charge in [-0.3, -0.25) is 0 Å². The molecule has 0 unspecified atom stereocenters. The van der Waals surface area contributed by atoms with E-state index in [2.05, 4.69) is 15.9 Å². The van der Waals surface area contributed by atoms with Gasteiger partial charge in [0, 0.05) is 9.37 Å². The van der Waals surface area contributed by atoms with Crippen molar-refractivity contribution in [3.63, 3.8) is 0 Å². The minimum absolute atomic E-state index is 0.0227. The Morgan fingerprint density at radius 1 is 1.31 bits per heavy atom. The number of hydrogen-bond acceptors (Lipinski definition) is 1. The Morgan fingerprint density at radius 3 is 2.38 bits per heavy atom. The summed E-state index contributed by atoms with van der Waals surface area (Å²) < 4.78 is 36.9. The number of alkyl halides is 3. The van der Waals surface area contributed by atoms with E-state index in [1.165, 1.54) is 12.1 Å². The summed E-state index contributed by atoms with van der Waals surface area (Å²) >= 11 is 2.82. The molecule has 0 aliphatic rings. The van der Waals surface area contributed by atoms with Gasteiger partial charge in [-0.2, -0.15) is 13.2 Å². The molecule has 0 atom stereocenters. The van der Waals surface area contributed by atoms with E-state index in [0.29, 0.717) is 4.90 Å². The summed E-state index contributed by atoms with van der Waals surface area (Å²) in [5.41, 5.74) is -0.710. The molecule has 0 heterocycles. The van der Waals surface area contributed by atoms with Crippen LogP contribution in [0.1, 0.15) is 5.56 Å². The highest BCUT2D eigenvalue weighted by molar-refractivity contribution is 9.10. The fraction of sp³-hybridized carbons (Fsp3) is 0.143. The summed E-state index contributed by atoms with van der Waals surface area (Å²) in [6.45, 7) is 0. The zero-order valence-electron chi connectivity index (χ0n) is 6.03. The van der Waals surface area contributed by atoms with Crippen LogP contribution in [-0.2, 0) is 6.18 Å². The predicted molar refractivity (Wildman–Crippen MR) is 50.9 cm³/mol. The summed E-state index contributed by atoms with van der Waals surface area (Å²) in [7, 11) is 6.09. The lowest BCUT2D eigenvalue weighted by Gasteiger charge is -2.09. The van der Waals surface area contributed by atoms with Gasteiger partial charge < -0.3 is 0 Å². The molecule has 0 nitrogen and oxygen atoms in total. The average molecular weight is 292 g/mol. The van der Waals surface area contributed by atoms with Crippen molar-refractivity contribution in [3.05, 3.63) is 28.2 Å². The number of hydrogen-bond donors (Lipinski definition) is 0.